The maximum absolute atomic E-state index is 12.7. The second kappa shape index (κ2) is 6.42. The van der Waals surface area contributed by atoms with Crippen molar-refractivity contribution in [2.24, 2.45) is 7.05 Å². The smallest absolute Gasteiger partial charge is 0.273 e. The van der Waals surface area contributed by atoms with Crippen molar-refractivity contribution in [3.8, 4) is 0 Å². The summed E-state index contributed by atoms with van der Waals surface area (Å²) in [6, 6.07) is 14.0. The Morgan fingerprint density at radius 3 is 2.28 bits per heavy atom. The molecule has 1 amide bonds. The highest BCUT2D eigenvalue weighted by atomic mass is 35.5. The number of amides is 1. The van der Waals surface area contributed by atoms with Gasteiger partial charge in [-0.1, -0.05) is 41.9 Å². The first-order valence-corrected chi connectivity index (χ1v) is 9.66. The molecule has 0 saturated carbocycles. The Hall–Kier alpha value is -2.51. The average molecular weight is 378 g/mol. The van der Waals surface area contributed by atoms with Gasteiger partial charge in [-0.05, 0) is 18.2 Å². The number of anilines is 2. The Kier molecular flexibility index (Phi) is 4.45. The van der Waals surface area contributed by atoms with Crippen LogP contribution < -0.4 is 10.0 Å². The van der Waals surface area contributed by atoms with Crippen molar-refractivity contribution in [3.63, 3.8) is 0 Å². The van der Waals surface area contributed by atoms with E-state index in [1.54, 1.807) is 35.9 Å². The summed E-state index contributed by atoms with van der Waals surface area (Å²) < 4.78 is 27.1. The fourth-order valence-electron chi connectivity index (χ4n) is 2.66. The van der Waals surface area contributed by atoms with Crippen LogP contribution in [0.5, 0.6) is 0 Å². The van der Waals surface area contributed by atoms with Crippen molar-refractivity contribution < 1.29 is 13.2 Å². The predicted octanol–water partition coefficient (Wildman–Crippen LogP) is 3.46. The van der Waals surface area contributed by atoms with Gasteiger partial charge in [-0.15, -0.1) is 0 Å². The van der Waals surface area contributed by atoms with Crippen LogP contribution in [0.1, 0.15) is 10.5 Å². The van der Waals surface area contributed by atoms with Gasteiger partial charge in [-0.25, -0.2) is 8.42 Å². The van der Waals surface area contributed by atoms with E-state index >= 15 is 0 Å². The van der Waals surface area contributed by atoms with Crippen molar-refractivity contribution in [3.05, 3.63) is 59.2 Å². The number of hydrogen-bond acceptors (Lipinski definition) is 3. The first-order chi connectivity index (χ1) is 11.8. The molecule has 3 rings (SSSR count). The first-order valence-electron chi connectivity index (χ1n) is 7.39. The van der Waals surface area contributed by atoms with E-state index in [9.17, 15) is 13.2 Å². The molecule has 1 heterocycles. The van der Waals surface area contributed by atoms with Gasteiger partial charge in [0.2, 0.25) is 10.0 Å². The summed E-state index contributed by atoms with van der Waals surface area (Å²) in [6.45, 7) is 0. The summed E-state index contributed by atoms with van der Waals surface area (Å²) in [5, 5.41) is 3.85. The lowest BCUT2D eigenvalue weighted by Gasteiger charge is -2.12. The molecule has 0 aliphatic rings. The number of sulfonamides is 1. The lowest BCUT2D eigenvalue weighted by Crippen LogP contribution is -2.18. The van der Waals surface area contributed by atoms with Crippen molar-refractivity contribution >= 4 is 49.8 Å². The molecule has 0 aliphatic carbocycles. The molecule has 2 aromatic carbocycles. The van der Waals surface area contributed by atoms with Gasteiger partial charge < -0.3 is 9.88 Å². The molecule has 25 heavy (non-hydrogen) atoms. The van der Waals surface area contributed by atoms with Crippen molar-refractivity contribution in [1.29, 1.82) is 0 Å². The Balaban J connectivity index is 2.00. The Morgan fingerprint density at radius 2 is 1.64 bits per heavy atom. The number of carbonyl (C=O) groups is 1. The Morgan fingerprint density at radius 1 is 1.04 bits per heavy atom. The Bertz CT molecular complexity index is 1030. The van der Waals surface area contributed by atoms with E-state index in [2.05, 4.69) is 10.0 Å². The van der Waals surface area contributed by atoms with Crippen LogP contribution in [0.15, 0.2) is 48.5 Å². The summed E-state index contributed by atoms with van der Waals surface area (Å²) in [5.41, 5.74) is 1.77. The van der Waals surface area contributed by atoms with Gasteiger partial charge in [0, 0.05) is 18.0 Å². The topological polar surface area (TPSA) is 80.2 Å². The minimum absolute atomic E-state index is 0.285. The number of nitrogens with one attached hydrogen (secondary N) is 2. The summed E-state index contributed by atoms with van der Waals surface area (Å²) in [4.78, 5) is 12.7. The standard InChI is InChI=1S/C17H16ClN3O3S/c1-21-14-10-6-3-7-11(14)15(18)16(21)17(22)19-12-8-4-5-9-13(12)20-25(2,23)24/h3-10,20H,1-2H3,(H,19,22). The van der Waals surface area contributed by atoms with Gasteiger partial charge in [-0.3, -0.25) is 9.52 Å². The number of nitrogens with zero attached hydrogens (tertiary/aromatic N) is 1. The summed E-state index contributed by atoms with van der Waals surface area (Å²) in [6.07, 6.45) is 1.05. The van der Waals surface area contributed by atoms with E-state index in [1.165, 1.54) is 0 Å². The number of halogens is 1. The van der Waals surface area contributed by atoms with Gasteiger partial charge >= 0.3 is 0 Å². The zero-order chi connectivity index (χ0) is 18.2. The molecule has 3 aromatic rings. The third-order valence-electron chi connectivity index (χ3n) is 3.73. The summed E-state index contributed by atoms with van der Waals surface area (Å²) in [5.74, 6) is -0.425. The highest BCUT2D eigenvalue weighted by Gasteiger charge is 2.20. The van der Waals surface area contributed by atoms with E-state index in [0.717, 1.165) is 17.2 Å². The molecule has 1 aromatic heterocycles. The van der Waals surface area contributed by atoms with E-state index < -0.39 is 15.9 Å². The van der Waals surface area contributed by atoms with Crippen LogP contribution in [-0.4, -0.2) is 25.1 Å². The van der Waals surface area contributed by atoms with Gasteiger partial charge in [0.05, 0.1) is 22.7 Å². The largest absolute Gasteiger partial charge is 0.338 e. The molecule has 0 aliphatic heterocycles. The molecular formula is C17H16ClN3O3S. The van der Waals surface area contributed by atoms with Crippen LogP contribution in [-0.2, 0) is 17.1 Å². The van der Waals surface area contributed by atoms with Crippen molar-refractivity contribution in [1.82, 2.24) is 4.57 Å². The van der Waals surface area contributed by atoms with Crippen LogP contribution in [0, 0.1) is 0 Å². The second-order valence-electron chi connectivity index (χ2n) is 5.61. The van der Waals surface area contributed by atoms with Crippen LogP contribution in [0.2, 0.25) is 5.02 Å². The quantitative estimate of drug-likeness (QED) is 0.730. The monoisotopic (exact) mass is 377 g/mol. The van der Waals surface area contributed by atoms with Crippen LogP contribution in [0.4, 0.5) is 11.4 Å². The first kappa shape index (κ1) is 17.3. The number of aromatic nitrogens is 1. The lowest BCUT2D eigenvalue weighted by atomic mass is 10.2. The number of rotatable bonds is 4. The maximum atomic E-state index is 12.7. The molecule has 0 fully saturated rings. The number of carbonyl (C=O) groups excluding carboxylic acids is 1. The number of hydrogen-bond donors (Lipinski definition) is 2. The van der Waals surface area contributed by atoms with Crippen molar-refractivity contribution in [2.75, 3.05) is 16.3 Å². The number of para-hydroxylation sites is 3. The SMILES string of the molecule is Cn1c(C(=O)Nc2ccccc2NS(C)(=O)=O)c(Cl)c2ccccc21. The van der Waals surface area contributed by atoms with Crippen LogP contribution in [0.3, 0.4) is 0 Å². The maximum Gasteiger partial charge on any atom is 0.273 e. The molecule has 0 radical (unpaired) electrons. The molecule has 130 valence electrons. The van der Waals surface area contributed by atoms with Crippen molar-refractivity contribution in [2.45, 2.75) is 0 Å². The highest BCUT2D eigenvalue weighted by molar-refractivity contribution is 7.92. The molecule has 2 N–H and O–H groups in total. The highest BCUT2D eigenvalue weighted by Crippen LogP contribution is 2.31. The minimum atomic E-state index is -3.47. The van der Waals surface area contributed by atoms with Crippen LogP contribution >= 0.6 is 11.6 Å². The van der Waals surface area contributed by atoms with Gasteiger partial charge in [0.15, 0.2) is 0 Å². The molecule has 0 bridgehead atoms. The average Bonchev–Trinajstić information content (AvgIpc) is 2.80. The molecule has 0 atom stereocenters. The van der Waals surface area contributed by atoms with E-state index in [-0.39, 0.29) is 5.69 Å². The molecule has 0 saturated heterocycles. The molecule has 6 nitrogen and oxygen atoms in total. The normalized spacial score (nSPS) is 11.5. The fourth-order valence-corrected chi connectivity index (χ4v) is 3.61. The third-order valence-corrected chi connectivity index (χ3v) is 4.70. The van der Waals surface area contributed by atoms with E-state index in [4.69, 9.17) is 11.6 Å². The predicted molar refractivity (Wildman–Crippen MR) is 101 cm³/mol. The molecule has 8 heteroatoms. The minimum Gasteiger partial charge on any atom is -0.338 e. The van der Waals surface area contributed by atoms with Crippen LogP contribution in [0.25, 0.3) is 10.9 Å². The number of benzene rings is 2. The molecule has 0 spiro atoms. The zero-order valence-electron chi connectivity index (χ0n) is 13.6. The summed E-state index contributed by atoms with van der Waals surface area (Å²) >= 11 is 6.38. The van der Waals surface area contributed by atoms with Gasteiger partial charge in [-0.2, -0.15) is 0 Å². The zero-order valence-corrected chi connectivity index (χ0v) is 15.1. The third kappa shape index (κ3) is 3.47. The van der Waals surface area contributed by atoms with Gasteiger partial charge in [0.25, 0.3) is 5.91 Å². The second-order valence-corrected chi connectivity index (χ2v) is 7.74. The lowest BCUT2D eigenvalue weighted by molar-refractivity contribution is 0.102. The molecular weight excluding hydrogens is 362 g/mol. The van der Waals surface area contributed by atoms with Gasteiger partial charge in [0.1, 0.15) is 5.69 Å². The van der Waals surface area contributed by atoms with E-state index in [1.807, 2.05) is 24.3 Å². The van der Waals surface area contributed by atoms with E-state index in [0.29, 0.717) is 16.4 Å². The fraction of sp³-hybridized carbons (Fsp3) is 0.118. The Labute approximate surface area is 150 Å². The number of fused-ring (bicyclic) bond motifs is 1. The number of aryl methyl sites for hydroxylation is 1. The molecule has 0 unspecified atom stereocenters. The summed E-state index contributed by atoms with van der Waals surface area (Å²) in [7, 11) is -1.72.